The van der Waals surface area contributed by atoms with Gasteiger partial charge in [-0.3, -0.25) is 14.5 Å². The highest BCUT2D eigenvalue weighted by Crippen LogP contribution is 2.21. The standard InChI is InChI=1S/C11H21N3O3/c1-3-5-13-9(15)8(2)14-6-4-11(12,7-14)10(16)17/h8H,3-7,12H2,1-2H3,(H,13,15)(H,16,17). The lowest BCUT2D eigenvalue weighted by atomic mass is 10.0. The molecule has 6 nitrogen and oxygen atoms in total. The van der Waals surface area contributed by atoms with Crippen LogP contribution in [0.1, 0.15) is 26.7 Å². The lowest BCUT2D eigenvalue weighted by Gasteiger charge is -2.25. The number of amides is 1. The number of aliphatic carboxylic acids is 1. The van der Waals surface area contributed by atoms with Crippen molar-refractivity contribution in [2.24, 2.45) is 5.73 Å². The van der Waals surface area contributed by atoms with Crippen LogP contribution >= 0.6 is 0 Å². The van der Waals surface area contributed by atoms with Crippen LogP contribution in [0.25, 0.3) is 0 Å². The lowest BCUT2D eigenvalue weighted by molar-refractivity contribution is -0.143. The smallest absolute Gasteiger partial charge is 0.325 e. The number of nitrogens with two attached hydrogens (primary N) is 1. The van der Waals surface area contributed by atoms with E-state index in [1.807, 2.05) is 11.8 Å². The Hall–Kier alpha value is -1.14. The van der Waals surface area contributed by atoms with Crippen molar-refractivity contribution in [2.75, 3.05) is 19.6 Å². The van der Waals surface area contributed by atoms with Crippen molar-refractivity contribution in [3.8, 4) is 0 Å². The zero-order valence-electron chi connectivity index (χ0n) is 10.4. The van der Waals surface area contributed by atoms with Crippen molar-refractivity contribution < 1.29 is 14.7 Å². The van der Waals surface area contributed by atoms with Crippen LogP contribution in [0.15, 0.2) is 0 Å². The molecule has 1 heterocycles. The molecule has 4 N–H and O–H groups in total. The van der Waals surface area contributed by atoms with Crippen molar-refractivity contribution in [3.05, 3.63) is 0 Å². The maximum atomic E-state index is 11.7. The van der Waals surface area contributed by atoms with Gasteiger partial charge in [0.2, 0.25) is 5.91 Å². The summed E-state index contributed by atoms with van der Waals surface area (Å²) >= 11 is 0. The molecule has 1 rings (SSSR count). The number of hydrogen-bond donors (Lipinski definition) is 3. The molecule has 0 aromatic carbocycles. The molecule has 0 saturated carbocycles. The molecule has 98 valence electrons. The molecule has 0 aromatic rings. The summed E-state index contributed by atoms with van der Waals surface area (Å²) in [5, 5.41) is 11.8. The van der Waals surface area contributed by atoms with Crippen LogP contribution in [0.5, 0.6) is 0 Å². The third-order valence-electron chi connectivity index (χ3n) is 3.23. The molecule has 1 aliphatic heterocycles. The third kappa shape index (κ3) is 3.17. The summed E-state index contributed by atoms with van der Waals surface area (Å²) in [6, 6.07) is -0.327. The van der Waals surface area contributed by atoms with Crippen LogP contribution in [0.4, 0.5) is 0 Å². The maximum Gasteiger partial charge on any atom is 0.325 e. The van der Waals surface area contributed by atoms with Gasteiger partial charge in [0.25, 0.3) is 0 Å². The van der Waals surface area contributed by atoms with Gasteiger partial charge in [-0.25, -0.2) is 0 Å². The zero-order valence-corrected chi connectivity index (χ0v) is 10.4. The second-order valence-electron chi connectivity index (χ2n) is 4.65. The first-order valence-electron chi connectivity index (χ1n) is 5.94. The summed E-state index contributed by atoms with van der Waals surface area (Å²) < 4.78 is 0. The Labute approximate surface area is 101 Å². The van der Waals surface area contributed by atoms with Gasteiger partial charge < -0.3 is 16.2 Å². The van der Waals surface area contributed by atoms with Crippen molar-refractivity contribution in [3.63, 3.8) is 0 Å². The van der Waals surface area contributed by atoms with Crippen LogP contribution in [0.3, 0.4) is 0 Å². The maximum absolute atomic E-state index is 11.7. The highest BCUT2D eigenvalue weighted by atomic mass is 16.4. The Bertz CT molecular complexity index is 308. The molecule has 2 atom stereocenters. The molecule has 1 amide bonds. The number of carbonyl (C=O) groups excluding carboxylic acids is 1. The second-order valence-corrected chi connectivity index (χ2v) is 4.65. The van der Waals surface area contributed by atoms with Gasteiger partial charge in [-0.2, -0.15) is 0 Å². The minimum atomic E-state index is -1.21. The minimum absolute atomic E-state index is 0.0681. The fourth-order valence-corrected chi connectivity index (χ4v) is 1.93. The minimum Gasteiger partial charge on any atom is -0.480 e. The van der Waals surface area contributed by atoms with E-state index in [9.17, 15) is 9.59 Å². The number of nitrogens with zero attached hydrogens (tertiary/aromatic N) is 1. The van der Waals surface area contributed by atoms with Gasteiger partial charge in [-0.05, 0) is 19.8 Å². The topological polar surface area (TPSA) is 95.7 Å². The van der Waals surface area contributed by atoms with E-state index >= 15 is 0 Å². The number of rotatable bonds is 5. The number of likely N-dealkylation sites (tertiary alicyclic amines) is 1. The van der Waals surface area contributed by atoms with E-state index in [-0.39, 0.29) is 18.5 Å². The Morgan fingerprint density at radius 2 is 2.24 bits per heavy atom. The largest absolute Gasteiger partial charge is 0.480 e. The summed E-state index contributed by atoms with van der Waals surface area (Å²) in [5.41, 5.74) is 4.55. The molecule has 0 spiro atoms. The molecule has 1 saturated heterocycles. The van der Waals surface area contributed by atoms with E-state index in [1.165, 1.54) is 0 Å². The Morgan fingerprint density at radius 1 is 1.59 bits per heavy atom. The SMILES string of the molecule is CCCNC(=O)C(C)N1CCC(N)(C(=O)O)C1. The third-order valence-corrected chi connectivity index (χ3v) is 3.23. The first-order chi connectivity index (χ1) is 7.90. The number of hydrogen-bond acceptors (Lipinski definition) is 4. The van der Waals surface area contributed by atoms with Crippen molar-refractivity contribution in [2.45, 2.75) is 38.3 Å². The molecule has 1 fully saturated rings. The summed E-state index contributed by atoms with van der Waals surface area (Å²) in [6.45, 7) is 5.17. The van der Waals surface area contributed by atoms with Crippen LogP contribution in [0, 0.1) is 0 Å². The molecule has 17 heavy (non-hydrogen) atoms. The molecule has 1 aliphatic rings. The van der Waals surface area contributed by atoms with Gasteiger partial charge in [0.15, 0.2) is 0 Å². The highest BCUT2D eigenvalue weighted by molar-refractivity contribution is 5.82. The summed E-state index contributed by atoms with van der Waals surface area (Å²) in [5.74, 6) is -1.07. The quantitative estimate of drug-likeness (QED) is 0.598. The fourth-order valence-electron chi connectivity index (χ4n) is 1.93. The highest BCUT2D eigenvalue weighted by Gasteiger charge is 2.43. The Kier molecular flexibility index (Phi) is 4.47. The predicted octanol–water partition coefficient (Wildman–Crippen LogP) is -0.611. The molecular weight excluding hydrogens is 222 g/mol. The molecule has 6 heteroatoms. The fraction of sp³-hybridized carbons (Fsp3) is 0.818. The second kappa shape index (κ2) is 5.46. The van der Waals surface area contributed by atoms with Crippen LogP contribution in [-0.2, 0) is 9.59 Å². The van der Waals surface area contributed by atoms with Crippen molar-refractivity contribution in [1.29, 1.82) is 0 Å². The molecule has 0 bridgehead atoms. The van der Waals surface area contributed by atoms with Gasteiger partial charge in [0.05, 0.1) is 6.04 Å². The van der Waals surface area contributed by atoms with E-state index < -0.39 is 11.5 Å². The molecular formula is C11H21N3O3. The van der Waals surface area contributed by atoms with Gasteiger partial charge in [-0.1, -0.05) is 6.92 Å². The van der Waals surface area contributed by atoms with Gasteiger partial charge >= 0.3 is 5.97 Å². The molecule has 0 radical (unpaired) electrons. The van der Waals surface area contributed by atoms with Crippen molar-refractivity contribution >= 4 is 11.9 Å². The van der Waals surface area contributed by atoms with Crippen LogP contribution < -0.4 is 11.1 Å². The van der Waals surface area contributed by atoms with E-state index in [4.69, 9.17) is 10.8 Å². The van der Waals surface area contributed by atoms with E-state index in [0.29, 0.717) is 19.5 Å². The summed E-state index contributed by atoms with van der Waals surface area (Å²) in [6.07, 6.45) is 1.27. The number of nitrogens with one attached hydrogen (secondary N) is 1. The Morgan fingerprint density at radius 3 is 2.71 bits per heavy atom. The van der Waals surface area contributed by atoms with Gasteiger partial charge in [-0.15, -0.1) is 0 Å². The molecule has 0 aliphatic carbocycles. The summed E-state index contributed by atoms with van der Waals surface area (Å²) in [4.78, 5) is 24.5. The van der Waals surface area contributed by atoms with Crippen LogP contribution in [-0.4, -0.2) is 53.1 Å². The van der Waals surface area contributed by atoms with E-state index in [2.05, 4.69) is 5.32 Å². The summed E-state index contributed by atoms with van der Waals surface area (Å²) in [7, 11) is 0. The van der Waals surface area contributed by atoms with E-state index in [0.717, 1.165) is 6.42 Å². The number of carboxylic acid groups (broad SMARTS) is 1. The monoisotopic (exact) mass is 243 g/mol. The van der Waals surface area contributed by atoms with E-state index in [1.54, 1.807) is 6.92 Å². The molecule has 2 unspecified atom stereocenters. The lowest BCUT2D eigenvalue weighted by Crippen LogP contribution is -2.52. The predicted molar refractivity (Wildman–Crippen MR) is 63.5 cm³/mol. The Balaban J connectivity index is 2.53. The first kappa shape index (κ1) is 13.9. The van der Waals surface area contributed by atoms with Crippen molar-refractivity contribution in [1.82, 2.24) is 10.2 Å². The first-order valence-corrected chi connectivity index (χ1v) is 5.94. The van der Waals surface area contributed by atoms with Gasteiger partial charge in [0, 0.05) is 19.6 Å². The molecule has 0 aromatic heterocycles. The number of carbonyl (C=O) groups is 2. The number of carboxylic acids is 1. The van der Waals surface area contributed by atoms with Crippen LogP contribution in [0.2, 0.25) is 0 Å². The normalized spacial score (nSPS) is 26.8. The zero-order chi connectivity index (χ0) is 13.1. The average molecular weight is 243 g/mol. The van der Waals surface area contributed by atoms with Gasteiger partial charge in [0.1, 0.15) is 5.54 Å². The average Bonchev–Trinajstić information content (AvgIpc) is 2.69.